The Kier molecular flexibility index (Phi) is 2.87. The molecule has 72 valence electrons. The van der Waals surface area contributed by atoms with Gasteiger partial charge in [-0.2, -0.15) is 0 Å². The molecule has 1 heterocycles. The van der Waals surface area contributed by atoms with Crippen LogP contribution in [0, 0.1) is 6.92 Å². The topological polar surface area (TPSA) is 54.9 Å². The predicted molar refractivity (Wildman–Crippen MR) is 53.5 cm³/mol. The maximum absolute atomic E-state index is 11.6. The lowest BCUT2D eigenvalue weighted by Crippen LogP contribution is -2.20. The van der Waals surface area contributed by atoms with Crippen molar-refractivity contribution in [2.24, 2.45) is 0 Å². The van der Waals surface area contributed by atoms with E-state index < -0.39 is 0 Å². The van der Waals surface area contributed by atoms with E-state index in [0.29, 0.717) is 16.8 Å². The van der Waals surface area contributed by atoms with Crippen LogP contribution in [0.3, 0.4) is 0 Å². The Morgan fingerprint density at radius 2 is 2.15 bits per heavy atom. The Labute approximate surface area is 79.6 Å². The van der Waals surface area contributed by atoms with Crippen LogP contribution in [0.1, 0.15) is 31.1 Å². The number of rotatable bonds is 2. The maximum Gasteiger partial charge on any atom is 0.275 e. The molecule has 0 atom stereocenters. The van der Waals surface area contributed by atoms with E-state index in [0.717, 1.165) is 5.69 Å². The monoisotopic (exact) mass is 200 g/mol. The standard InChI is InChI=1S/C8H12N2O2S/c1-5(2)10-8(11)7(4-13-12)6(3)9-10/h4-5,9H,1-3H3. The zero-order chi connectivity index (χ0) is 10.0. The van der Waals surface area contributed by atoms with Crippen molar-refractivity contribution in [1.82, 2.24) is 9.78 Å². The first-order valence-electron chi connectivity index (χ1n) is 4.01. The fourth-order valence-electron chi connectivity index (χ4n) is 1.13. The molecular weight excluding hydrogens is 188 g/mol. The highest BCUT2D eigenvalue weighted by molar-refractivity contribution is 7.65. The summed E-state index contributed by atoms with van der Waals surface area (Å²) in [6.07, 6.45) is 0. The first kappa shape index (κ1) is 9.98. The molecule has 0 unspecified atom stereocenters. The highest BCUT2D eigenvalue weighted by Gasteiger charge is 2.10. The molecule has 5 heteroatoms. The van der Waals surface area contributed by atoms with Crippen molar-refractivity contribution in [2.45, 2.75) is 26.8 Å². The van der Waals surface area contributed by atoms with Crippen LogP contribution in [0.15, 0.2) is 4.79 Å². The lowest BCUT2D eigenvalue weighted by molar-refractivity contribution is 0.514. The predicted octanol–water partition coefficient (Wildman–Crippen LogP) is 0.429. The molecule has 0 fully saturated rings. The van der Waals surface area contributed by atoms with Gasteiger partial charge in [-0.25, -0.2) is 8.89 Å². The van der Waals surface area contributed by atoms with Gasteiger partial charge in [-0.1, -0.05) is 0 Å². The van der Waals surface area contributed by atoms with Crippen LogP contribution in [0.4, 0.5) is 0 Å². The van der Waals surface area contributed by atoms with E-state index in [1.165, 1.54) is 10.0 Å². The van der Waals surface area contributed by atoms with E-state index in [9.17, 15) is 9.00 Å². The van der Waals surface area contributed by atoms with Crippen LogP contribution in [0.2, 0.25) is 0 Å². The number of aromatic amines is 1. The molecule has 1 aromatic heterocycles. The number of hydrogen-bond acceptors (Lipinski definition) is 2. The Bertz CT molecular complexity index is 410. The molecule has 0 spiro atoms. The summed E-state index contributed by atoms with van der Waals surface area (Å²) >= 11 is 0.300. The minimum Gasteiger partial charge on any atom is -0.299 e. The summed E-state index contributed by atoms with van der Waals surface area (Å²) in [5.41, 5.74) is 1.08. The molecular formula is C8H12N2O2S. The second kappa shape index (κ2) is 3.74. The van der Waals surface area contributed by atoms with E-state index in [1.807, 2.05) is 13.8 Å². The number of H-pyrrole nitrogens is 1. The number of nitrogens with one attached hydrogen (secondary N) is 1. The summed E-state index contributed by atoms with van der Waals surface area (Å²) in [4.78, 5) is 11.6. The highest BCUT2D eigenvalue weighted by atomic mass is 32.1. The number of aryl methyl sites for hydroxylation is 1. The minimum atomic E-state index is -0.129. The molecule has 1 N–H and O–H groups in total. The summed E-state index contributed by atoms with van der Waals surface area (Å²) in [6.45, 7) is 5.60. The molecule has 0 aromatic carbocycles. The molecule has 0 saturated heterocycles. The van der Waals surface area contributed by atoms with Crippen molar-refractivity contribution < 1.29 is 4.21 Å². The van der Waals surface area contributed by atoms with Crippen LogP contribution >= 0.6 is 0 Å². The second-order valence-corrected chi connectivity index (χ2v) is 3.56. The fourth-order valence-corrected chi connectivity index (χ4v) is 1.51. The average molecular weight is 200 g/mol. The van der Waals surface area contributed by atoms with E-state index in [4.69, 9.17) is 0 Å². The molecule has 0 amide bonds. The average Bonchev–Trinajstić information content (AvgIpc) is 2.32. The summed E-state index contributed by atoms with van der Waals surface area (Å²) in [5.74, 6) is 0. The third-order valence-corrected chi connectivity index (χ3v) is 2.16. The van der Waals surface area contributed by atoms with Crippen LogP contribution in [-0.2, 0) is 11.3 Å². The Morgan fingerprint density at radius 1 is 1.54 bits per heavy atom. The molecule has 0 bridgehead atoms. The summed E-state index contributed by atoms with van der Waals surface area (Å²) < 4.78 is 11.8. The van der Waals surface area contributed by atoms with Gasteiger partial charge >= 0.3 is 0 Å². The Morgan fingerprint density at radius 3 is 2.54 bits per heavy atom. The van der Waals surface area contributed by atoms with Crippen LogP contribution < -0.4 is 5.56 Å². The summed E-state index contributed by atoms with van der Waals surface area (Å²) in [6, 6.07) is 0.0880. The van der Waals surface area contributed by atoms with Gasteiger partial charge in [0.2, 0.25) is 0 Å². The van der Waals surface area contributed by atoms with Crippen molar-refractivity contribution in [2.75, 3.05) is 0 Å². The van der Waals surface area contributed by atoms with Gasteiger partial charge in [-0.15, -0.1) is 0 Å². The molecule has 0 radical (unpaired) electrons. The van der Waals surface area contributed by atoms with Crippen molar-refractivity contribution in [3.63, 3.8) is 0 Å². The molecule has 0 aliphatic rings. The van der Waals surface area contributed by atoms with Gasteiger partial charge in [-0.05, 0) is 20.8 Å². The van der Waals surface area contributed by atoms with Crippen molar-refractivity contribution >= 4 is 16.6 Å². The van der Waals surface area contributed by atoms with Crippen LogP contribution in [-0.4, -0.2) is 19.4 Å². The normalized spacial score (nSPS) is 10.5. The Hall–Kier alpha value is -1.10. The number of aromatic nitrogens is 2. The quantitative estimate of drug-likeness (QED) is 0.704. The second-order valence-electron chi connectivity index (χ2n) is 3.13. The van der Waals surface area contributed by atoms with E-state index in [-0.39, 0.29) is 11.6 Å². The van der Waals surface area contributed by atoms with Crippen LogP contribution in [0.25, 0.3) is 0 Å². The smallest absolute Gasteiger partial charge is 0.275 e. The molecule has 1 rings (SSSR count). The van der Waals surface area contributed by atoms with Crippen molar-refractivity contribution in [3.05, 3.63) is 21.6 Å². The summed E-state index contributed by atoms with van der Waals surface area (Å²) in [5, 5.41) is 4.24. The van der Waals surface area contributed by atoms with E-state index in [1.54, 1.807) is 6.92 Å². The third kappa shape index (κ3) is 1.80. The highest BCUT2D eigenvalue weighted by Crippen LogP contribution is 2.01. The van der Waals surface area contributed by atoms with Crippen molar-refractivity contribution in [1.29, 1.82) is 0 Å². The summed E-state index contributed by atoms with van der Waals surface area (Å²) in [7, 11) is 0. The molecule has 13 heavy (non-hydrogen) atoms. The number of hydrogen-bond donors (Lipinski definition) is 1. The number of nitrogens with zero attached hydrogens (tertiary/aromatic N) is 1. The van der Waals surface area contributed by atoms with Crippen molar-refractivity contribution in [3.8, 4) is 0 Å². The first-order chi connectivity index (χ1) is 6.07. The lowest BCUT2D eigenvalue weighted by atomic mass is 10.3. The van der Waals surface area contributed by atoms with Gasteiger partial charge in [0.25, 0.3) is 5.56 Å². The SMILES string of the molecule is Cc1[nH]n(C(C)C)c(=O)c1C=S=O. The lowest BCUT2D eigenvalue weighted by Gasteiger charge is -2.03. The van der Waals surface area contributed by atoms with Gasteiger partial charge in [0.1, 0.15) is 0 Å². The molecule has 0 saturated carbocycles. The van der Waals surface area contributed by atoms with Gasteiger partial charge in [-0.3, -0.25) is 9.89 Å². The fraction of sp³-hybridized carbons (Fsp3) is 0.500. The minimum absolute atomic E-state index is 0.0880. The largest absolute Gasteiger partial charge is 0.299 e. The van der Waals surface area contributed by atoms with Gasteiger partial charge in [0, 0.05) is 17.1 Å². The van der Waals surface area contributed by atoms with Crippen LogP contribution in [0.5, 0.6) is 0 Å². The molecule has 0 aliphatic carbocycles. The van der Waals surface area contributed by atoms with Gasteiger partial charge in [0.15, 0.2) is 0 Å². The van der Waals surface area contributed by atoms with Gasteiger partial charge < -0.3 is 0 Å². The molecule has 0 aliphatic heterocycles. The maximum atomic E-state index is 11.6. The van der Waals surface area contributed by atoms with Gasteiger partial charge in [0.05, 0.1) is 16.8 Å². The Balaban J connectivity index is 3.39. The van der Waals surface area contributed by atoms with E-state index in [2.05, 4.69) is 5.10 Å². The third-order valence-electron chi connectivity index (χ3n) is 1.82. The molecule has 1 aromatic rings. The zero-order valence-electron chi connectivity index (χ0n) is 7.83. The molecule has 4 nitrogen and oxygen atoms in total. The van der Waals surface area contributed by atoms with E-state index >= 15 is 0 Å². The first-order valence-corrected chi connectivity index (χ1v) is 4.81. The zero-order valence-corrected chi connectivity index (χ0v) is 8.64.